The van der Waals surface area contributed by atoms with Crippen molar-refractivity contribution in [3.63, 3.8) is 0 Å². The molecule has 0 saturated heterocycles. The Morgan fingerprint density at radius 1 is 1.42 bits per heavy atom. The molecule has 1 N–H and O–H groups in total. The quantitative estimate of drug-likeness (QED) is 0.662. The van der Waals surface area contributed by atoms with Crippen LogP contribution in [0.2, 0.25) is 0 Å². The van der Waals surface area contributed by atoms with Crippen LogP contribution in [0.5, 0.6) is 5.75 Å². The first kappa shape index (κ1) is 15.1. The molecule has 0 saturated carbocycles. The van der Waals surface area contributed by atoms with Gasteiger partial charge in [0, 0.05) is 24.4 Å². The third-order valence-corrected chi connectivity index (χ3v) is 2.26. The number of anilines is 1. The van der Waals surface area contributed by atoms with E-state index in [1.165, 1.54) is 12.1 Å². The summed E-state index contributed by atoms with van der Waals surface area (Å²) < 4.78 is 41.8. The summed E-state index contributed by atoms with van der Waals surface area (Å²) in [7, 11) is 0. The van der Waals surface area contributed by atoms with E-state index < -0.39 is 17.2 Å². The Labute approximate surface area is 107 Å². The molecule has 1 aromatic rings. The number of hydrogen-bond donors (Lipinski definition) is 1. The normalized spacial score (nSPS) is 12.9. The second-order valence-corrected chi connectivity index (χ2v) is 3.80. The number of non-ortho nitro benzene ring substituents is 1. The van der Waals surface area contributed by atoms with E-state index in [9.17, 15) is 23.3 Å². The average molecular weight is 278 g/mol. The van der Waals surface area contributed by atoms with Gasteiger partial charge < -0.3 is 10.1 Å². The van der Waals surface area contributed by atoms with Crippen molar-refractivity contribution in [2.24, 2.45) is 0 Å². The summed E-state index contributed by atoms with van der Waals surface area (Å²) in [6, 6.07) is 3.48. The molecule has 5 nitrogen and oxygen atoms in total. The topological polar surface area (TPSA) is 64.4 Å². The van der Waals surface area contributed by atoms with Crippen molar-refractivity contribution in [2.45, 2.75) is 26.1 Å². The molecule has 0 aliphatic carbocycles. The van der Waals surface area contributed by atoms with Gasteiger partial charge in [0.1, 0.15) is 5.75 Å². The van der Waals surface area contributed by atoms with Crippen LogP contribution in [0.4, 0.5) is 24.5 Å². The Morgan fingerprint density at radius 2 is 2.05 bits per heavy atom. The summed E-state index contributed by atoms with van der Waals surface area (Å²) >= 11 is 0. The fraction of sp³-hybridized carbons (Fsp3) is 0.455. The molecule has 0 fully saturated rings. The minimum absolute atomic E-state index is 0.199. The molecule has 1 aromatic carbocycles. The summed E-state index contributed by atoms with van der Waals surface area (Å²) in [6.07, 6.45) is -6.56. The number of nitro benzene ring substituents is 1. The lowest BCUT2D eigenvalue weighted by molar-refractivity contribution is -0.384. The molecule has 0 amide bonds. The van der Waals surface area contributed by atoms with E-state index in [1.54, 1.807) is 6.92 Å². The van der Waals surface area contributed by atoms with Crippen molar-refractivity contribution >= 4 is 11.4 Å². The fourth-order valence-electron chi connectivity index (χ4n) is 1.33. The van der Waals surface area contributed by atoms with Gasteiger partial charge in [-0.2, -0.15) is 13.2 Å². The number of nitrogens with zero attached hydrogens (tertiary/aromatic N) is 1. The van der Waals surface area contributed by atoms with Crippen LogP contribution in [0.1, 0.15) is 13.8 Å². The molecule has 106 valence electrons. The molecule has 0 heterocycles. The SMILES string of the molecule is CCNc1cc(OC(C)C(F)(F)F)cc([N+](=O)[O-])c1. The summed E-state index contributed by atoms with van der Waals surface area (Å²) in [5, 5.41) is 13.5. The van der Waals surface area contributed by atoms with Gasteiger partial charge in [0.25, 0.3) is 5.69 Å². The van der Waals surface area contributed by atoms with Crippen molar-refractivity contribution in [1.82, 2.24) is 0 Å². The smallest absolute Gasteiger partial charge is 0.425 e. The molecule has 8 heteroatoms. The van der Waals surface area contributed by atoms with Gasteiger partial charge in [-0.05, 0) is 13.8 Å². The Hall–Kier alpha value is -1.99. The van der Waals surface area contributed by atoms with Crippen molar-refractivity contribution in [1.29, 1.82) is 0 Å². The monoisotopic (exact) mass is 278 g/mol. The Balaban J connectivity index is 3.02. The van der Waals surface area contributed by atoms with Gasteiger partial charge in [-0.25, -0.2) is 0 Å². The van der Waals surface area contributed by atoms with Crippen LogP contribution in [0, 0.1) is 10.1 Å². The Kier molecular flexibility index (Phi) is 4.57. The number of nitro groups is 1. The highest BCUT2D eigenvalue weighted by atomic mass is 19.4. The predicted octanol–water partition coefficient (Wildman–Crippen LogP) is 3.36. The molecule has 1 rings (SSSR count). The van der Waals surface area contributed by atoms with Crippen molar-refractivity contribution in [3.8, 4) is 5.75 Å². The van der Waals surface area contributed by atoms with Crippen LogP contribution >= 0.6 is 0 Å². The van der Waals surface area contributed by atoms with Gasteiger partial charge in [-0.1, -0.05) is 0 Å². The zero-order chi connectivity index (χ0) is 14.6. The molecule has 0 aliphatic rings. The molecule has 0 aliphatic heterocycles. The van der Waals surface area contributed by atoms with E-state index in [1.807, 2.05) is 0 Å². The van der Waals surface area contributed by atoms with Gasteiger partial charge in [0.15, 0.2) is 6.10 Å². The number of halogens is 3. The first-order valence-electron chi connectivity index (χ1n) is 5.50. The molecule has 0 radical (unpaired) electrons. The fourth-order valence-corrected chi connectivity index (χ4v) is 1.33. The van der Waals surface area contributed by atoms with Crippen LogP contribution in [0.15, 0.2) is 18.2 Å². The third kappa shape index (κ3) is 4.31. The van der Waals surface area contributed by atoms with E-state index in [4.69, 9.17) is 0 Å². The molecule has 19 heavy (non-hydrogen) atoms. The molecule has 0 aromatic heterocycles. The minimum Gasteiger partial charge on any atom is -0.481 e. The lowest BCUT2D eigenvalue weighted by Gasteiger charge is -2.18. The van der Waals surface area contributed by atoms with Gasteiger partial charge in [0.2, 0.25) is 0 Å². The highest BCUT2D eigenvalue weighted by molar-refractivity contribution is 5.56. The summed E-state index contributed by atoms with van der Waals surface area (Å²) in [6.45, 7) is 3.08. The zero-order valence-corrected chi connectivity index (χ0v) is 10.3. The van der Waals surface area contributed by atoms with Gasteiger partial charge >= 0.3 is 6.18 Å². The number of benzene rings is 1. The maximum atomic E-state index is 12.4. The number of rotatable bonds is 5. The minimum atomic E-state index is -4.52. The lowest BCUT2D eigenvalue weighted by Crippen LogP contribution is -2.31. The van der Waals surface area contributed by atoms with Crippen molar-refractivity contribution in [2.75, 3.05) is 11.9 Å². The van der Waals surface area contributed by atoms with Crippen LogP contribution in [0.25, 0.3) is 0 Å². The molecule has 1 unspecified atom stereocenters. The summed E-state index contributed by atoms with van der Waals surface area (Å²) in [4.78, 5) is 10.0. The van der Waals surface area contributed by atoms with E-state index in [0.29, 0.717) is 12.2 Å². The molecule has 0 bridgehead atoms. The van der Waals surface area contributed by atoms with Crippen molar-refractivity contribution < 1.29 is 22.8 Å². The number of alkyl halides is 3. The largest absolute Gasteiger partial charge is 0.481 e. The Morgan fingerprint density at radius 3 is 2.53 bits per heavy atom. The van der Waals surface area contributed by atoms with Gasteiger partial charge in [0.05, 0.1) is 11.0 Å². The number of nitrogens with one attached hydrogen (secondary N) is 1. The van der Waals surface area contributed by atoms with Crippen LogP contribution in [-0.4, -0.2) is 23.7 Å². The average Bonchev–Trinajstić information content (AvgIpc) is 2.27. The number of ether oxygens (including phenoxy) is 1. The molecule has 0 spiro atoms. The molecular formula is C11H13F3N2O3. The third-order valence-electron chi connectivity index (χ3n) is 2.26. The van der Waals surface area contributed by atoms with Crippen LogP contribution in [0.3, 0.4) is 0 Å². The van der Waals surface area contributed by atoms with E-state index in [2.05, 4.69) is 10.1 Å². The maximum Gasteiger partial charge on any atom is 0.425 e. The van der Waals surface area contributed by atoms with Crippen molar-refractivity contribution in [3.05, 3.63) is 28.3 Å². The van der Waals surface area contributed by atoms with Crippen LogP contribution < -0.4 is 10.1 Å². The maximum absolute atomic E-state index is 12.4. The zero-order valence-electron chi connectivity index (χ0n) is 10.3. The standard InChI is InChI=1S/C11H13F3N2O3/c1-3-15-8-4-9(16(17)18)6-10(5-8)19-7(2)11(12,13)14/h4-7,15H,3H2,1-2H3. The molecular weight excluding hydrogens is 265 g/mol. The summed E-state index contributed by atoms with van der Waals surface area (Å²) in [5.41, 5.74) is 0.00361. The first-order valence-corrected chi connectivity index (χ1v) is 5.50. The highest BCUT2D eigenvalue weighted by Gasteiger charge is 2.38. The molecule has 1 atom stereocenters. The highest BCUT2D eigenvalue weighted by Crippen LogP contribution is 2.30. The second-order valence-electron chi connectivity index (χ2n) is 3.80. The van der Waals surface area contributed by atoms with E-state index in [0.717, 1.165) is 13.0 Å². The second kappa shape index (κ2) is 5.77. The lowest BCUT2D eigenvalue weighted by atomic mass is 10.2. The first-order chi connectivity index (χ1) is 8.74. The van der Waals surface area contributed by atoms with Crippen LogP contribution in [-0.2, 0) is 0 Å². The predicted molar refractivity (Wildman–Crippen MR) is 63.4 cm³/mol. The Bertz CT molecular complexity index is 463. The van der Waals surface area contributed by atoms with E-state index >= 15 is 0 Å². The summed E-state index contributed by atoms with van der Waals surface area (Å²) in [5.74, 6) is -0.199. The van der Waals surface area contributed by atoms with Gasteiger partial charge in [-0.15, -0.1) is 0 Å². The van der Waals surface area contributed by atoms with Gasteiger partial charge in [-0.3, -0.25) is 10.1 Å². The van der Waals surface area contributed by atoms with E-state index in [-0.39, 0.29) is 11.4 Å². The number of hydrogen-bond acceptors (Lipinski definition) is 4.